The number of alkyl carbamates (subject to hydrolysis) is 1. The molecule has 2 N–H and O–H groups in total. The van der Waals surface area contributed by atoms with Gasteiger partial charge in [0, 0.05) is 18.0 Å². The van der Waals surface area contributed by atoms with Gasteiger partial charge in [0.2, 0.25) is 0 Å². The van der Waals surface area contributed by atoms with Crippen LogP contribution in [0.3, 0.4) is 0 Å². The molecule has 4 nitrogen and oxygen atoms in total. The van der Waals surface area contributed by atoms with E-state index in [9.17, 15) is 18.0 Å². The molecule has 0 radical (unpaired) electrons. The highest BCUT2D eigenvalue weighted by Gasteiger charge is 2.34. The molecule has 1 amide bonds. The number of rotatable bonds is 5. The number of hydrogen-bond acceptors (Lipinski definition) is 2. The Bertz CT molecular complexity index is 1040. The van der Waals surface area contributed by atoms with Gasteiger partial charge in [-0.3, -0.25) is 0 Å². The molecular formula is C22H21F3N2O2. The molecule has 1 aliphatic carbocycles. The van der Waals surface area contributed by atoms with E-state index in [1.54, 1.807) is 19.1 Å². The van der Waals surface area contributed by atoms with E-state index in [-0.39, 0.29) is 23.2 Å². The number of ether oxygens (including phenoxy) is 1. The average molecular weight is 402 g/mol. The molecule has 1 aliphatic rings. The smallest absolute Gasteiger partial charge is 0.407 e. The third-order valence-corrected chi connectivity index (χ3v) is 5.45. The van der Waals surface area contributed by atoms with Gasteiger partial charge in [-0.1, -0.05) is 0 Å². The average Bonchev–Trinajstić information content (AvgIpc) is 3.01. The van der Waals surface area contributed by atoms with Gasteiger partial charge in [0.1, 0.15) is 17.5 Å². The fourth-order valence-corrected chi connectivity index (χ4v) is 4.06. The minimum Gasteiger partial charge on any atom is -0.450 e. The maximum atomic E-state index is 14.4. The maximum absolute atomic E-state index is 14.4. The molecule has 3 aromatic rings. The van der Waals surface area contributed by atoms with Crippen LogP contribution in [0.1, 0.15) is 31.2 Å². The number of H-pyrrole nitrogens is 1. The van der Waals surface area contributed by atoms with Crippen LogP contribution < -0.4 is 5.32 Å². The van der Waals surface area contributed by atoms with Gasteiger partial charge >= 0.3 is 6.09 Å². The third kappa shape index (κ3) is 3.81. The Labute approximate surface area is 166 Å². The molecule has 1 fully saturated rings. The van der Waals surface area contributed by atoms with Crippen molar-refractivity contribution < 1.29 is 22.7 Å². The first kappa shape index (κ1) is 19.4. The zero-order valence-corrected chi connectivity index (χ0v) is 15.9. The Balaban J connectivity index is 1.64. The summed E-state index contributed by atoms with van der Waals surface area (Å²) < 4.78 is 46.5. The van der Waals surface area contributed by atoms with Gasteiger partial charge in [-0.25, -0.2) is 18.0 Å². The van der Waals surface area contributed by atoms with Gasteiger partial charge in [0.15, 0.2) is 0 Å². The zero-order chi connectivity index (χ0) is 20.5. The van der Waals surface area contributed by atoms with Crippen molar-refractivity contribution in [2.75, 3.05) is 13.2 Å². The number of fused-ring (bicyclic) bond motifs is 1. The molecule has 0 bridgehead atoms. The largest absolute Gasteiger partial charge is 0.450 e. The normalized spacial score (nSPS) is 18.5. The molecule has 0 atom stereocenters. The molecule has 2 aromatic carbocycles. The van der Waals surface area contributed by atoms with Gasteiger partial charge < -0.3 is 15.0 Å². The maximum Gasteiger partial charge on any atom is 0.407 e. The van der Waals surface area contributed by atoms with Crippen LogP contribution >= 0.6 is 0 Å². The lowest BCUT2D eigenvalue weighted by Crippen LogP contribution is -2.35. The summed E-state index contributed by atoms with van der Waals surface area (Å²) in [5.74, 6) is -1.32. The number of amides is 1. The van der Waals surface area contributed by atoms with E-state index in [2.05, 4.69) is 10.3 Å². The molecule has 1 heterocycles. The molecule has 4 rings (SSSR count). The molecule has 29 heavy (non-hydrogen) atoms. The first-order valence-corrected chi connectivity index (χ1v) is 9.63. The van der Waals surface area contributed by atoms with Crippen LogP contribution in [-0.4, -0.2) is 24.2 Å². The highest BCUT2D eigenvalue weighted by Crippen LogP contribution is 2.48. The summed E-state index contributed by atoms with van der Waals surface area (Å²) >= 11 is 0. The molecule has 0 unspecified atom stereocenters. The van der Waals surface area contributed by atoms with Crippen molar-refractivity contribution in [3.63, 3.8) is 0 Å². The molecule has 152 valence electrons. The van der Waals surface area contributed by atoms with Crippen LogP contribution in [0.5, 0.6) is 0 Å². The number of carbonyl (C=O) groups is 1. The topological polar surface area (TPSA) is 54.1 Å². The van der Waals surface area contributed by atoms with E-state index in [1.165, 1.54) is 18.2 Å². The van der Waals surface area contributed by atoms with E-state index < -0.39 is 17.7 Å². The lowest BCUT2D eigenvalue weighted by molar-refractivity contribution is 0.146. The Hall–Kier alpha value is -2.96. The SMILES string of the molecule is CCOC(=O)NCC1CC(c2c(-c3ccc(F)cc3)[nH]c3c(F)cc(F)cc23)C1. The third-order valence-electron chi connectivity index (χ3n) is 5.45. The van der Waals surface area contributed by atoms with Gasteiger partial charge in [-0.15, -0.1) is 0 Å². The molecule has 0 saturated heterocycles. The fraction of sp³-hybridized carbons (Fsp3) is 0.318. The number of benzene rings is 2. The summed E-state index contributed by atoms with van der Waals surface area (Å²) in [5.41, 5.74) is 2.46. The van der Waals surface area contributed by atoms with E-state index in [0.717, 1.165) is 24.5 Å². The minimum absolute atomic E-state index is 0.0824. The second-order valence-corrected chi connectivity index (χ2v) is 7.37. The van der Waals surface area contributed by atoms with Gasteiger partial charge in [-0.05, 0) is 73.1 Å². The van der Waals surface area contributed by atoms with Crippen LogP contribution in [-0.2, 0) is 4.74 Å². The van der Waals surface area contributed by atoms with Crippen LogP contribution in [0.4, 0.5) is 18.0 Å². The van der Waals surface area contributed by atoms with Crippen LogP contribution in [0.25, 0.3) is 22.2 Å². The number of aromatic nitrogens is 1. The van der Waals surface area contributed by atoms with Crippen molar-refractivity contribution in [1.82, 2.24) is 10.3 Å². The molecule has 0 aliphatic heterocycles. The van der Waals surface area contributed by atoms with Crippen molar-refractivity contribution in [3.05, 3.63) is 59.4 Å². The standard InChI is InChI=1S/C22H21F3N2O2/c1-2-29-22(28)26-11-12-7-14(8-12)19-17-9-16(24)10-18(25)21(17)27-20(19)13-3-5-15(23)6-4-13/h3-6,9-10,12,14,27H,2,7-8,11H2,1H3,(H,26,28). The molecule has 7 heteroatoms. The molecule has 1 saturated carbocycles. The van der Waals surface area contributed by atoms with Crippen LogP contribution in [0.15, 0.2) is 36.4 Å². The van der Waals surface area contributed by atoms with Crippen LogP contribution in [0.2, 0.25) is 0 Å². The van der Waals surface area contributed by atoms with Crippen molar-refractivity contribution >= 4 is 17.0 Å². The number of nitrogens with one attached hydrogen (secondary N) is 2. The van der Waals surface area contributed by atoms with Crippen molar-refractivity contribution in [1.29, 1.82) is 0 Å². The van der Waals surface area contributed by atoms with Crippen molar-refractivity contribution in [3.8, 4) is 11.3 Å². The summed E-state index contributed by atoms with van der Waals surface area (Å²) in [6, 6.07) is 8.11. The summed E-state index contributed by atoms with van der Waals surface area (Å²) in [6.45, 7) is 2.55. The predicted molar refractivity (Wildman–Crippen MR) is 104 cm³/mol. The van der Waals surface area contributed by atoms with Crippen molar-refractivity contribution in [2.45, 2.75) is 25.7 Å². The Morgan fingerprint density at radius 1 is 1.14 bits per heavy atom. The summed E-state index contributed by atoms with van der Waals surface area (Å²) in [6.07, 6.45) is 1.09. The number of halogens is 3. The van der Waals surface area contributed by atoms with Gasteiger partial charge in [0.25, 0.3) is 0 Å². The molecule has 0 spiro atoms. The first-order valence-electron chi connectivity index (χ1n) is 9.63. The molecular weight excluding hydrogens is 381 g/mol. The lowest BCUT2D eigenvalue weighted by Gasteiger charge is -2.36. The summed E-state index contributed by atoms with van der Waals surface area (Å²) in [5, 5.41) is 3.23. The molecule has 1 aromatic heterocycles. The van der Waals surface area contributed by atoms with E-state index in [1.807, 2.05) is 0 Å². The zero-order valence-electron chi connectivity index (χ0n) is 15.9. The second-order valence-electron chi connectivity index (χ2n) is 7.37. The van der Waals surface area contributed by atoms with Crippen molar-refractivity contribution in [2.24, 2.45) is 5.92 Å². The lowest BCUT2D eigenvalue weighted by atomic mass is 9.70. The summed E-state index contributed by atoms with van der Waals surface area (Å²) in [7, 11) is 0. The van der Waals surface area contributed by atoms with Crippen LogP contribution in [0, 0.1) is 23.4 Å². The predicted octanol–water partition coefficient (Wildman–Crippen LogP) is 5.49. The second kappa shape index (κ2) is 7.81. The Morgan fingerprint density at radius 2 is 1.86 bits per heavy atom. The monoisotopic (exact) mass is 402 g/mol. The van der Waals surface area contributed by atoms with E-state index in [4.69, 9.17) is 4.74 Å². The van der Waals surface area contributed by atoms with E-state index >= 15 is 0 Å². The minimum atomic E-state index is -0.658. The highest BCUT2D eigenvalue weighted by molar-refractivity contribution is 5.92. The summed E-state index contributed by atoms with van der Waals surface area (Å²) in [4.78, 5) is 14.5. The number of aromatic amines is 1. The number of hydrogen-bond donors (Lipinski definition) is 2. The Kier molecular flexibility index (Phi) is 5.22. The van der Waals surface area contributed by atoms with Gasteiger partial charge in [-0.2, -0.15) is 0 Å². The Morgan fingerprint density at radius 3 is 2.55 bits per heavy atom. The number of carbonyl (C=O) groups excluding carboxylic acids is 1. The highest BCUT2D eigenvalue weighted by atomic mass is 19.1. The first-order chi connectivity index (χ1) is 14.0. The van der Waals surface area contributed by atoms with Gasteiger partial charge in [0.05, 0.1) is 17.8 Å². The fourth-order valence-electron chi connectivity index (χ4n) is 4.06. The quantitative estimate of drug-likeness (QED) is 0.593. The van der Waals surface area contributed by atoms with E-state index in [0.29, 0.717) is 29.8 Å².